The number of halogens is 4. The molecule has 0 spiro atoms. The van der Waals surface area contributed by atoms with Crippen molar-refractivity contribution in [2.75, 3.05) is 0 Å². The van der Waals surface area contributed by atoms with E-state index >= 15 is 4.39 Å². The van der Waals surface area contributed by atoms with E-state index in [1.165, 1.54) is 35.6 Å². The van der Waals surface area contributed by atoms with Crippen LogP contribution in [0.15, 0.2) is 97.3 Å². The number of hydrogen-bond acceptors (Lipinski definition) is 6. The van der Waals surface area contributed by atoms with Crippen molar-refractivity contribution in [2.24, 2.45) is 0 Å². The SMILES string of the molecule is CC[C@H](C)N(Cc1ccc(-c2cc3nccc(Oc4ccc(CC(=O)c5cnn(-c6ccccc6)c5C(F)(F)F)cc4F)c3s2)cc1)C(C)=O. The number of carbonyl (C=O) groups is 2. The number of Topliss-reactive ketones (excluding diaryl/α,β-unsaturated/α-hetero) is 1. The van der Waals surface area contributed by atoms with Gasteiger partial charge in [0.1, 0.15) is 5.75 Å². The van der Waals surface area contributed by atoms with Gasteiger partial charge in [0.25, 0.3) is 0 Å². The summed E-state index contributed by atoms with van der Waals surface area (Å²) in [7, 11) is 0. The maximum Gasteiger partial charge on any atom is 0.434 e. The number of aromatic nitrogens is 3. The third kappa shape index (κ3) is 7.30. The number of nitrogens with zero attached hydrogens (tertiary/aromatic N) is 4. The third-order valence-electron chi connectivity index (χ3n) is 8.41. The van der Waals surface area contributed by atoms with Crippen LogP contribution in [-0.2, 0) is 23.9 Å². The molecule has 0 aliphatic heterocycles. The molecule has 0 aliphatic rings. The predicted molar refractivity (Wildman–Crippen MR) is 184 cm³/mol. The summed E-state index contributed by atoms with van der Waals surface area (Å²) < 4.78 is 64.9. The average Bonchev–Trinajstić information content (AvgIpc) is 3.75. The summed E-state index contributed by atoms with van der Waals surface area (Å²) in [6.07, 6.45) is -2.02. The summed E-state index contributed by atoms with van der Waals surface area (Å²) in [6, 6.07) is 23.2. The number of benzene rings is 3. The second-order valence-electron chi connectivity index (χ2n) is 11.9. The molecule has 6 rings (SSSR count). The normalized spacial score (nSPS) is 12.2. The molecule has 3 aromatic heterocycles. The van der Waals surface area contributed by atoms with Crippen molar-refractivity contribution in [2.45, 2.75) is 52.4 Å². The number of carbonyl (C=O) groups excluding carboxylic acids is 2. The summed E-state index contributed by atoms with van der Waals surface area (Å²) in [4.78, 5) is 32.4. The second kappa shape index (κ2) is 14.2. The Kier molecular flexibility index (Phi) is 9.83. The number of ether oxygens (including phenoxy) is 1. The maximum atomic E-state index is 15.3. The lowest BCUT2D eigenvalue weighted by molar-refractivity contribution is -0.143. The van der Waals surface area contributed by atoms with Crippen LogP contribution in [0.1, 0.15) is 54.4 Å². The molecular formula is C38H32F4N4O3S. The minimum absolute atomic E-state index is 0.0258. The molecule has 6 aromatic rings. The summed E-state index contributed by atoms with van der Waals surface area (Å²) in [5.41, 5.74) is 1.15. The molecular weight excluding hydrogens is 669 g/mol. The summed E-state index contributed by atoms with van der Waals surface area (Å²) >= 11 is 1.43. The molecule has 256 valence electrons. The van der Waals surface area contributed by atoms with E-state index in [1.54, 1.807) is 37.4 Å². The van der Waals surface area contributed by atoms with Crippen LogP contribution in [0.4, 0.5) is 17.6 Å². The molecule has 7 nitrogen and oxygen atoms in total. The number of thiophene rings is 1. The highest BCUT2D eigenvalue weighted by Gasteiger charge is 2.40. The zero-order valence-corrected chi connectivity index (χ0v) is 28.2. The number of fused-ring (bicyclic) bond motifs is 1. The first kappa shape index (κ1) is 34.5. The van der Waals surface area contributed by atoms with Crippen molar-refractivity contribution in [1.29, 1.82) is 0 Å². The van der Waals surface area contributed by atoms with Gasteiger partial charge in [0.05, 0.1) is 27.7 Å². The van der Waals surface area contributed by atoms with Crippen LogP contribution in [0.5, 0.6) is 11.5 Å². The topological polar surface area (TPSA) is 77.3 Å². The van der Waals surface area contributed by atoms with E-state index in [9.17, 15) is 22.8 Å². The number of hydrogen-bond donors (Lipinski definition) is 0. The monoisotopic (exact) mass is 700 g/mol. The molecule has 1 amide bonds. The zero-order chi connectivity index (χ0) is 35.6. The number of alkyl halides is 3. The Balaban J connectivity index is 1.19. The largest absolute Gasteiger partial charge is 0.453 e. The first-order chi connectivity index (χ1) is 23.9. The standard InChI is InChI=1S/C38H32F4N4O3S/c1-4-23(2)45(24(3)47)22-25-10-13-27(14-11-25)35-20-31-36(50-35)34(16-17-43-31)49-33-15-12-26(18-30(33)39)19-32(48)29-21-44-46(37(29)38(40,41)42)28-8-6-5-7-9-28/h5-18,20-21,23H,4,19,22H2,1-3H3/t23-/m0/s1. The minimum Gasteiger partial charge on any atom is -0.453 e. The molecule has 0 fully saturated rings. The summed E-state index contributed by atoms with van der Waals surface area (Å²) in [5, 5.41) is 3.83. The van der Waals surface area contributed by atoms with Crippen LogP contribution in [0.25, 0.3) is 26.3 Å². The van der Waals surface area contributed by atoms with E-state index in [4.69, 9.17) is 4.74 Å². The maximum absolute atomic E-state index is 15.3. The van der Waals surface area contributed by atoms with E-state index < -0.39 is 35.5 Å². The Morgan fingerprint density at radius 2 is 1.68 bits per heavy atom. The lowest BCUT2D eigenvalue weighted by Gasteiger charge is -2.27. The van der Waals surface area contributed by atoms with Gasteiger partial charge in [-0.15, -0.1) is 11.3 Å². The number of pyridine rings is 1. The van der Waals surface area contributed by atoms with E-state index in [-0.39, 0.29) is 28.9 Å². The van der Waals surface area contributed by atoms with E-state index in [0.29, 0.717) is 27.2 Å². The smallest absolute Gasteiger partial charge is 0.434 e. The first-order valence-corrected chi connectivity index (χ1v) is 16.7. The van der Waals surface area contributed by atoms with Crippen molar-refractivity contribution in [3.63, 3.8) is 0 Å². The molecule has 0 N–H and O–H groups in total. The Bertz CT molecular complexity index is 2160. The lowest BCUT2D eigenvalue weighted by atomic mass is 10.0. The van der Waals surface area contributed by atoms with Gasteiger partial charge in [-0.2, -0.15) is 18.3 Å². The Hall–Kier alpha value is -5.36. The van der Waals surface area contributed by atoms with Gasteiger partial charge in [-0.3, -0.25) is 14.6 Å². The van der Waals surface area contributed by atoms with Crippen molar-refractivity contribution in [3.05, 3.63) is 126 Å². The third-order valence-corrected chi connectivity index (χ3v) is 9.60. The quantitative estimate of drug-likeness (QED) is 0.0994. The van der Waals surface area contributed by atoms with Crippen LogP contribution < -0.4 is 4.74 Å². The summed E-state index contributed by atoms with van der Waals surface area (Å²) in [6.45, 7) is 6.17. The highest BCUT2D eigenvalue weighted by atomic mass is 32.1. The zero-order valence-electron chi connectivity index (χ0n) is 27.4. The van der Waals surface area contributed by atoms with Gasteiger partial charge in [-0.1, -0.05) is 55.5 Å². The predicted octanol–water partition coefficient (Wildman–Crippen LogP) is 9.67. The van der Waals surface area contributed by atoms with Crippen LogP contribution in [-0.4, -0.2) is 37.4 Å². The number of rotatable bonds is 11. The fourth-order valence-electron chi connectivity index (χ4n) is 5.63. The van der Waals surface area contributed by atoms with E-state index in [1.807, 2.05) is 49.1 Å². The molecule has 0 aliphatic carbocycles. The van der Waals surface area contributed by atoms with E-state index in [2.05, 4.69) is 10.1 Å². The molecule has 0 bridgehead atoms. The second-order valence-corrected chi connectivity index (χ2v) is 12.9. The van der Waals surface area contributed by atoms with Crippen molar-refractivity contribution >= 4 is 33.2 Å². The molecule has 3 heterocycles. The van der Waals surface area contributed by atoms with Crippen LogP contribution >= 0.6 is 11.3 Å². The number of ketones is 1. The van der Waals surface area contributed by atoms with Gasteiger partial charge in [0.2, 0.25) is 5.91 Å². The van der Waals surface area contributed by atoms with Gasteiger partial charge in [0, 0.05) is 43.1 Å². The van der Waals surface area contributed by atoms with E-state index in [0.717, 1.165) is 34.7 Å². The van der Waals surface area contributed by atoms with Gasteiger partial charge >= 0.3 is 6.18 Å². The van der Waals surface area contributed by atoms with Crippen LogP contribution in [0.2, 0.25) is 0 Å². The fourth-order valence-corrected chi connectivity index (χ4v) is 6.70. The van der Waals surface area contributed by atoms with Crippen molar-refractivity contribution in [1.82, 2.24) is 19.7 Å². The molecule has 50 heavy (non-hydrogen) atoms. The van der Waals surface area contributed by atoms with Crippen LogP contribution in [0, 0.1) is 5.82 Å². The number of amides is 1. The number of para-hydroxylation sites is 1. The molecule has 0 radical (unpaired) electrons. The van der Waals surface area contributed by atoms with Crippen molar-refractivity contribution < 1.29 is 31.9 Å². The highest BCUT2D eigenvalue weighted by Crippen LogP contribution is 2.40. The fraction of sp³-hybridized carbons (Fsp3) is 0.211. The molecule has 0 unspecified atom stereocenters. The van der Waals surface area contributed by atoms with Gasteiger partial charge in [-0.05, 0) is 60.4 Å². The Morgan fingerprint density at radius 3 is 2.34 bits per heavy atom. The van der Waals surface area contributed by atoms with Gasteiger partial charge in [0.15, 0.2) is 23.0 Å². The molecule has 3 aromatic carbocycles. The Labute approximate surface area is 289 Å². The average molecular weight is 701 g/mol. The van der Waals surface area contributed by atoms with Gasteiger partial charge in [-0.25, -0.2) is 9.07 Å². The molecule has 1 atom stereocenters. The highest BCUT2D eigenvalue weighted by molar-refractivity contribution is 7.22. The Morgan fingerprint density at radius 1 is 0.960 bits per heavy atom. The lowest BCUT2D eigenvalue weighted by Crippen LogP contribution is -2.36. The molecule has 0 saturated heterocycles. The van der Waals surface area contributed by atoms with Crippen molar-refractivity contribution in [3.8, 4) is 27.6 Å². The molecule has 0 saturated carbocycles. The van der Waals surface area contributed by atoms with Crippen LogP contribution in [0.3, 0.4) is 0 Å². The molecule has 12 heteroatoms. The first-order valence-electron chi connectivity index (χ1n) is 15.9. The summed E-state index contributed by atoms with van der Waals surface area (Å²) in [5.74, 6) is -1.34. The van der Waals surface area contributed by atoms with Gasteiger partial charge < -0.3 is 9.64 Å². The minimum atomic E-state index is -4.85.